The third-order valence-corrected chi connectivity index (χ3v) is 4.45. The number of nitrogens with zero attached hydrogens (tertiary/aromatic N) is 1. The molecule has 1 heterocycles. The molecule has 0 aliphatic heterocycles. The number of halogens is 1. The third kappa shape index (κ3) is 2.72. The van der Waals surface area contributed by atoms with Crippen LogP contribution in [-0.2, 0) is 10.0 Å². The van der Waals surface area contributed by atoms with Crippen LogP contribution in [0.4, 0.5) is 0 Å². The quantitative estimate of drug-likeness (QED) is 0.838. The molecule has 1 aliphatic rings. The Morgan fingerprint density at radius 3 is 2.75 bits per heavy atom. The lowest BCUT2D eigenvalue weighted by atomic mass is 10.3. The minimum absolute atomic E-state index is 0.158. The average molecular weight is 261 g/mol. The number of sulfonamides is 1. The first-order valence-electron chi connectivity index (χ1n) is 5.10. The smallest absolute Gasteiger partial charge is 0.242 e. The third-order valence-electron chi connectivity index (χ3n) is 2.82. The summed E-state index contributed by atoms with van der Waals surface area (Å²) < 4.78 is 26.2. The molecular formula is C10H13ClN2O2S. The Bertz CT molecular complexity index is 472. The second kappa shape index (κ2) is 4.31. The minimum atomic E-state index is -3.43. The van der Waals surface area contributed by atoms with Crippen LogP contribution in [0.15, 0.2) is 23.2 Å². The van der Waals surface area contributed by atoms with Crippen LogP contribution in [-0.4, -0.2) is 19.9 Å². The molecule has 1 saturated carbocycles. The summed E-state index contributed by atoms with van der Waals surface area (Å²) in [6.45, 7) is 2.62. The van der Waals surface area contributed by atoms with Crippen molar-refractivity contribution >= 4 is 21.6 Å². The first kappa shape index (κ1) is 11.8. The second-order valence-corrected chi connectivity index (χ2v) is 6.30. The summed E-state index contributed by atoms with van der Waals surface area (Å²) in [6.07, 6.45) is 2.36. The molecule has 4 nitrogen and oxygen atoms in total. The van der Waals surface area contributed by atoms with E-state index >= 15 is 0 Å². The van der Waals surface area contributed by atoms with Crippen LogP contribution >= 0.6 is 11.6 Å². The van der Waals surface area contributed by atoms with Crippen molar-refractivity contribution in [2.24, 2.45) is 11.8 Å². The summed E-state index contributed by atoms with van der Waals surface area (Å²) in [5, 5.41) is 0.287. The fourth-order valence-electron chi connectivity index (χ4n) is 1.50. The Labute approximate surface area is 100 Å². The van der Waals surface area contributed by atoms with Crippen LogP contribution in [0.5, 0.6) is 0 Å². The largest absolute Gasteiger partial charge is 0.243 e. The van der Waals surface area contributed by atoms with E-state index in [1.54, 1.807) is 0 Å². The van der Waals surface area contributed by atoms with E-state index in [-0.39, 0.29) is 10.0 Å². The Kier molecular flexibility index (Phi) is 3.19. The number of aromatic nitrogens is 1. The number of hydrogen-bond acceptors (Lipinski definition) is 3. The Balaban J connectivity index is 2.03. The van der Waals surface area contributed by atoms with Crippen molar-refractivity contribution in [2.75, 3.05) is 6.54 Å². The van der Waals surface area contributed by atoms with Crippen molar-refractivity contribution in [3.05, 3.63) is 23.5 Å². The van der Waals surface area contributed by atoms with Crippen LogP contribution in [0.25, 0.3) is 0 Å². The molecule has 2 rings (SSSR count). The van der Waals surface area contributed by atoms with Crippen molar-refractivity contribution in [3.8, 4) is 0 Å². The van der Waals surface area contributed by atoms with Gasteiger partial charge >= 0.3 is 0 Å². The van der Waals surface area contributed by atoms with Crippen molar-refractivity contribution in [2.45, 2.75) is 18.2 Å². The molecule has 6 heteroatoms. The molecule has 1 N–H and O–H groups in total. The topological polar surface area (TPSA) is 59.1 Å². The zero-order valence-corrected chi connectivity index (χ0v) is 10.4. The van der Waals surface area contributed by atoms with Gasteiger partial charge in [-0.25, -0.2) is 18.1 Å². The van der Waals surface area contributed by atoms with Gasteiger partial charge in [-0.1, -0.05) is 18.5 Å². The molecule has 0 saturated heterocycles. The van der Waals surface area contributed by atoms with Gasteiger partial charge in [-0.05, 0) is 30.4 Å². The predicted molar refractivity (Wildman–Crippen MR) is 61.7 cm³/mol. The van der Waals surface area contributed by atoms with Gasteiger partial charge < -0.3 is 0 Å². The van der Waals surface area contributed by atoms with Crippen molar-refractivity contribution < 1.29 is 8.42 Å². The van der Waals surface area contributed by atoms with E-state index in [1.165, 1.54) is 18.3 Å². The van der Waals surface area contributed by atoms with E-state index < -0.39 is 10.0 Å². The summed E-state index contributed by atoms with van der Waals surface area (Å²) >= 11 is 5.59. The predicted octanol–water partition coefficient (Wildman–Crippen LogP) is 1.67. The molecule has 1 fully saturated rings. The maximum absolute atomic E-state index is 11.8. The SMILES string of the molecule is CC1CC1CNS(=O)(=O)c1ccc(Cl)nc1. The van der Waals surface area contributed by atoms with E-state index in [9.17, 15) is 8.42 Å². The van der Waals surface area contributed by atoms with Crippen molar-refractivity contribution in [3.63, 3.8) is 0 Å². The molecule has 0 bridgehead atoms. The lowest BCUT2D eigenvalue weighted by Gasteiger charge is -2.05. The van der Waals surface area contributed by atoms with Gasteiger partial charge in [0.1, 0.15) is 10.0 Å². The highest BCUT2D eigenvalue weighted by molar-refractivity contribution is 7.89. The minimum Gasteiger partial charge on any atom is -0.243 e. The van der Waals surface area contributed by atoms with Gasteiger partial charge in [0.05, 0.1) is 0 Å². The standard InChI is InChI=1S/C10H13ClN2O2S/c1-7-4-8(7)5-13-16(14,15)9-2-3-10(11)12-6-9/h2-3,6-8,13H,4-5H2,1H3. The van der Waals surface area contributed by atoms with Crippen molar-refractivity contribution in [1.29, 1.82) is 0 Å². The Morgan fingerprint density at radius 2 is 2.25 bits per heavy atom. The average Bonchev–Trinajstić information content (AvgIpc) is 2.93. The second-order valence-electron chi connectivity index (χ2n) is 4.14. The monoisotopic (exact) mass is 260 g/mol. The van der Waals surface area contributed by atoms with Gasteiger partial charge in [0.15, 0.2) is 0 Å². The highest BCUT2D eigenvalue weighted by atomic mass is 35.5. The van der Waals surface area contributed by atoms with E-state index in [0.717, 1.165) is 6.42 Å². The zero-order chi connectivity index (χ0) is 11.8. The molecule has 2 unspecified atom stereocenters. The van der Waals surface area contributed by atoms with Crippen LogP contribution in [0.2, 0.25) is 5.15 Å². The maximum atomic E-state index is 11.8. The molecular weight excluding hydrogens is 248 g/mol. The van der Waals surface area contributed by atoms with Gasteiger partial charge in [0.25, 0.3) is 0 Å². The summed E-state index contributed by atoms with van der Waals surface area (Å²) in [4.78, 5) is 3.91. The molecule has 16 heavy (non-hydrogen) atoms. The summed E-state index contributed by atoms with van der Waals surface area (Å²) in [6, 6.07) is 2.92. The van der Waals surface area contributed by atoms with Gasteiger partial charge in [0, 0.05) is 12.7 Å². The molecule has 1 aliphatic carbocycles. The fourth-order valence-corrected chi connectivity index (χ4v) is 2.66. The van der Waals surface area contributed by atoms with Gasteiger partial charge in [0.2, 0.25) is 10.0 Å². The van der Waals surface area contributed by atoms with Crippen LogP contribution in [0, 0.1) is 11.8 Å². The summed E-state index contributed by atoms with van der Waals surface area (Å²) in [7, 11) is -3.43. The normalized spacial score (nSPS) is 24.4. The van der Waals surface area contributed by atoms with Gasteiger partial charge in [-0.3, -0.25) is 0 Å². The molecule has 0 radical (unpaired) electrons. The zero-order valence-electron chi connectivity index (χ0n) is 8.85. The van der Waals surface area contributed by atoms with Crippen LogP contribution in [0.3, 0.4) is 0 Å². The Morgan fingerprint density at radius 1 is 1.56 bits per heavy atom. The first-order valence-corrected chi connectivity index (χ1v) is 6.96. The molecule has 1 aromatic rings. The van der Waals surface area contributed by atoms with Gasteiger partial charge in [-0.15, -0.1) is 0 Å². The number of pyridine rings is 1. The molecule has 0 amide bonds. The summed E-state index contributed by atoms with van der Waals surface area (Å²) in [5.41, 5.74) is 0. The van der Waals surface area contributed by atoms with E-state index in [4.69, 9.17) is 11.6 Å². The molecule has 0 spiro atoms. The molecule has 2 atom stereocenters. The first-order chi connectivity index (χ1) is 7.49. The van der Waals surface area contributed by atoms with E-state index in [2.05, 4.69) is 16.6 Å². The Hall–Kier alpha value is -0.650. The van der Waals surface area contributed by atoms with Crippen LogP contribution < -0.4 is 4.72 Å². The lowest BCUT2D eigenvalue weighted by Crippen LogP contribution is -2.26. The highest BCUT2D eigenvalue weighted by Crippen LogP contribution is 2.37. The maximum Gasteiger partial charge on any atom is 0.242 e. The molecule has 1 aromatic heterocycles. The molecule has 88 valence electrons. The number of nitrogens with one attached hydrogen (secondary N) is 1. The van der Waals surface area contributed by atoms with Gasteiger partial charge in [-0.2, -0.15) is 0 Å². The summed E-state index contributed by atoms with van der Waals surface area (Å²) in [5.74, 6) is 1.11. The van der Waals surface area contributed by atoms with Crippen molar-refractivity contribution in [1.82, 2.24) is 9.71 Å². The van der Waals surface area contributed by atoms with E-state index in [0.29, 0.717) is 18.4 Å². The number of hydrogen-bond donors (Lipinski definition) is 1. The highest BCUT2D eigenvalue weighted by Gasteiger charge is 2.33. The van der Waals surface area contributed by atoms with E-state index in [1.807, 2.05) is 0 Å². The fraction of sp³-hybridized carbons (Fsp3) is 0.500. The lowest BCUT2D eigenvalue weighted by molar-refractivity contribution is 0.574. The van der Waals surface area contributed by atoms with Crippen LogP contribution in [0.1, 0.15) is 13.3 Å². The molecule has 0 aromatic carbocycles. The number of rotatable bonds is 4.